The Morgan fingerprint density at radius 1 is 1.08 bits per heavy atom. The normalized spacial score (nSPS) is 10.3. The average Bonchev–Trinajstić information content (AvgIpc) is 2.53. The van der Waals surface area contributed by atoms with Gasteiger partial charge in [-0.15, -0.1) is 11.3 Å². The van der Waals surface area contributed by atoms with Gasteiger partial charge in [-0.2, -0.15) is 0 Å². The Bertz CT molecular complexity index is 391. The van der Waals surface area contributed by atoms with Gasteiger partial charge in [0.15, 0.2) is 0 Å². The van der Waals surface area contributed by atoms with Crippen LogP contribution in [0.4, 0.5) is 0 Å². The standard InChI is InChI=1S/C9H5Br2NS/c10-7-3-6(4-8(11)5-7)9-12-1-2-13-9/h1-5H. The molecule has 13 heavy (non-hydrogen) atoms. The van der Waals surface area contributed by atoms with Gasteiger partial charge in [0.2, 0.25) is 0 Å². The van der Waals surface area contributed by atoms with E-state index in [1.54, 1.807) is 11.3 Å². The minimum atomic E-state index is 1.04. The number of rotatable bonds is 1. The number of nitrogens with zero attached hydrogens (tertiary/aromatic N) is 1. The topological polar surface area (TPSA) is 12.9 Å². The van der Waals surface area contributed by atoms with Crippen LogP contribution in [0.5, 0.6) is 0 Å². The zero-order valence-corrected chi connectivity index (χ0v) is 10.5. The maximum Gasteiger partial charge on any atom is 0.123 e. The zero-order chi connectivity index (χ0) is 9.26. The van der Waals surface area contributed by atoms with Crippen molar-refractivity contribution in [2.45, 2.75) is 0 Å². The molecule has 0 N–H and O–H groups in total. The maximum atomic E-state index is 4.25. The number of halogens is 2. The van der Waals surface area contributed by atoms with Crippen LogP contribution in [0.15, 0.2) is 38.7 Å². The lowest BCUT2D eigenvalue weighted by atomic mass is 10.2. The van der Waals surface area contributed by atoms with Crippen LogP contribution in [-0.2, 0) is 0 Å². The summed E-state index contributed by atoms with van der Waals surface area (Å²) in [4.78, 5) is 4.25. The molecular weight excluding hydrogens is 314 g/mol. The highest BCUT2D eigenvalue weighted by molar-refractivity contribution is 9.11. The van der Waals surface area contributed by atoms with Crippen LogP contribution in [-0.4, -0.2) is 4.98 Å². The summed E-state index contributed by atoms with van der Waals surface area (Å²) in [6, 6.07) is 6.13. The van der Waals surface area contributed by atoms with E-state index in [1.807, 2.05) is 17.6 Å². The predicted octanol–water partition coefficient (Wildman–Crippen LogP) is 4.34. The van der Waals surface area contributed by atoms with Gasteiger partial charge < -0.3 is 0 Å². The van der Waals surface area contributed by atoms with Crippen LogP contribution in [0.2, 0.25) is 0 Å². The fourth-order valence-corrected chi connectivity index (χ4v) is 2.96. The molecule has 2 aromatic rings. The first kappa shape index (κ1) is 9.37. The van der Waals surface area contributed by atoms with Gasteiger partial charge >= 0.3 is 0 Å². The number of aromatic nitrogens is 1. The molecule has 0 aliphatic heterocycles. The van der Waals surface area contributed by atoms with E-state index in [4.69, 9.17) is 0 Å². The van der Waals surface area contributed by atoms with Crippen LogP contribution < -0.4 is 0 Å². The number of thiazole rings is 1. The Morgan fingerprint density at radius 2 is 1.77 bits per heavy atom. The summed E-state index contributed by atoms with van der Waals surface area (Å²) >= 11 is 8.53. The molecule has 0 saturated heterocycles. The lowest BCUT2D eigenvalue weighted by Crippen LogP contribution is -1.76. The van der Waals surface area contributed by atoms with Gasteiger partial charge in [0.05, 0.1) is 0 Å². The first-order valence-corrected chi connectivity index (χ1v) is 6.08. The summed E-state index contributed by atoms with van der Waals surface area (Å²) < 4.78 is 2.12. The van der Waals surface area contributed by atoms with Crippen LogP contribution in [0.3, 0.4) is 0 Å². The Hall–Kier alpha value is -0.190. The Morgan fingerprint density at radius 3 is 2.31 bits per heavy atom. The van der Waals surface area contributed by atoms with Gasteiger partial charge in [0, 0.05) is 26.1 Å². The highest BCUT2D eigenvalue weighted by Gasteiger charge is 2.02. The molecule has 2 rings (SSSR count). The lowest BCUT2D eigenvalue weighted by molar-refractivity contribution is 1.41. The monoisotopic (exact) mass is 317 g/mol. The van der Waals surface area contributed by atoms with Crippen molar-refractivity contribution in [3.63, 3.8) is 0 Å². The van der Waals surface area contributed by atoms with Gasteiger partial charge in [0.1, 0.15) is 5.01 Å². The minimum Gasteiger partial charge on any atom is -0.245 e. The lowest BCUT2D eigenvalue weighted by Gasteiger charge is -1.98. The molecule has 0 aliphatic carbocycles. The molecule has 0 unspecified atom stereocenters. The minimum absolute atomic E-state index is 1.04. The van der Waals surface area contributed by atoms with E-state index in [-0.39, 0.29) is 0 Å². The number of benzene rings is 1. The molecule has 66 valence electrons. The second-order valence-electron chi connectivity index (χ2n) is 2.50. The molecule has 0 atom stereocenters. The number of hydrogen-bond donors (Lipinski definition) is 0. The van der Waals surface area contributed by atoms with E-state index in [2.05, 4.69) is 49.0 Å². The van der Waals surface area contributed by atoms with E-state index in [0.717, 1.165) is 19.5 Å². The van der Waals surface area contributed by atoms with Crippen molar-refractivity contribution in [2.24, 2.45) is 0 Å². The second kappa shape index (κ2) is 3.90. The van der Waals surface area contributed by atoms with Crippen molar-refractivity contribution >= 4 is 43.2 Å². The molecule has 0 radical (unpaired) electrons. The fourth-order valence-electron chi connectivity index (χ4n) is 1.04. The molecular formula is C9H5Br2NS. The van der Waals surface area contributed by atoms with Crippen molar-refractivity contribution in [3.8, 4) is 10.6 Å². The largest absolute Gasteiger partial charge is 0.245 e. The molecule has 1 aromatic carbocycles. The van der Waals surface area contributed by atoms with Gasteiger partial charge in [-0.05, 0) is 18.2 Å². The van der Waals surface area contributed by atoms with Crippen LogP contribution in [0.1, 0.15) is 0 Å². The van der Waals surface area contributed by atoms with E-state index in [9.17, 15) is 0 Å². The van der Waals surface area contributed by atoms with Crippen molar-refractivity contribution < 1.29 is 0 Å². The fraction of sp³-hybridized carbons (Fsp3) is 0. The van der Waals surface area contributed by atoms with Gasteiger partial charge in [-0.1, -0.05) is 31.9 Å². The Balaban J connectivity index is 2.53. The van der Waals surface area contributed by atoms with Gasteiger partial charge in [-0.3, -0.25) is 0 Å². The van der Waals surface area contributed by atoms with Gasteiger partial charge in [0.25, 0.3) is 0 Å². The second-order valence-corrected chi connectivity index (χ2v) is 5.22. The summed E-state index contributed by atoms with van der Waals surface area (Å²) in [5.74, 6) is 0. The van der Waals surface area contributed by atoms with E-state index < -0.39 is 0 Å². The highest BCUT2D eigenvalue weighted by Crippen LogP contribution is 2.28. The van der Waals surface area contributed by atoms with Crippen LogP contribution in [0.25, 0.3) is 10.6 Å². The smallest absolute Gasteiger partial charge is 0.123 e. The first-order valence-electron chi connectivity index (χ1n) is 3.61. The molecule has 0 fully saturated rings. The molecule has 1 heterocycles. The quantitative estimate of drug-likeness (QED) is 0.762. The molecule has 0 spiro atoms. The van der Waals surface area contributed by atoms with E-state index in [1.165, 1.54) is 0 Å². The first-order chi connectivity index (χ1) is 6.25. The van der Waals surface area contributed by atoms with Crippen LogP contribution >= 0.6 is 43.2 Å². The van der Waals surface area contributed by atoms with E-state index >= 15 is 0 Å². The van der Waals surface area contributed by atoms with Crippen molar-refractivity contribution in [1.82, 2.24) is 4.98 Å². The van der Waals surface area contributed by atoms with Crippen molar-refractivity contribution in [3.05, 3.63) is 38.7 Å². The Labute approximate surface area is 97.1 Å². The van der Waals surface area contributed by atoms with Gasteiger partial charge in [-0.25, -0.2) is 4.98 Å². The molecule has 0 bridgehead atoms. The number of hydrogen-bond acceptors (Lipinski definition) is 2. The predicted molar refractivity (Wildman–Crippen MR) is 63.0 cm³/mol. The van der Waals surface area contributed by atoms with Crippen molar-refractivity contribution in [2.75, 3.05) is 0 Å². The summed E-state index contributed by atoms with van der Waals surface area (Å²) in [5.41, 5.74) is 1.14. The summed E-state index contributed by atoms with van der Waals surface area (Å²) in [6.45, 7) is 0. The Kier molecular flexibility index (Phi) is 2.81. The summed E-state index contributed by atoms with van der Waals surface area (Å²) in [5, 5.41) is 3.02. The van der Waals surface area contributed by atoms with Crippen LogP contribution in [0, 0.1) is 0 Å². The SMILES string of the molecule is Brc1cc(Br)cc(-c2nccs2)c1. The molecule has 0 aliphatic rings. The van der Waals surface area contributed by atoms with Crippen molar-refractivity contribution in [1.29, 1.82) is 0 Å². The highest BCUT2D eigenvalue weighted by atomic mass is 79.9. The average molecular weight is 319 g/mol. The van der Waals surface area contributed by atoms with E-state index in [0.29, 0.717) is 0 Å². The maximum absolute atomic E-state index is 4.25. The third-order valence-electron chi connectivity index (χ3n) is 1.54. The molecule has 1 aromatic heterocycles. The third kappa shape index (κ3) is 2.18. The molecule has 1 nitrogen and oxygen atoms in total. The zero-order valence-electron chi connectivity index (χ0n) is 6.50. The molecule has 0 saturated carbocycles. The summed E-state index contributed by atoms with van der Waals surface area (Å²) in [7, 11) is 0. The molecule has 0 amide bonds. The summed E-state index contributed by atoms with van der Waals surface area (Å²) in [6.07, 6.45) is 1.81. The molecule has 4 heteroatoms. The third-order valence-corrected chi connectivity index (χ3v) is 3.28.